The molecule has 1 fully saturated rings. The highest BCUT2D eigenvalue weighted by molar-refractivity contribution is 7.88. The Bertz CT molecular complexity index is 1590. The number of hydrogen-bond acceptors (Lipinski definition) is 9. The van der Waals surface area contributed by atoms with E-state index in [1.165, 1.54) is 27.2 Å². The summed E-state index contributed by atoms with van der Waals surface area (Å²) in [5, 5.41) is 15.9. The molecule has 226 valence electrons. The lowest BCUT2D eigenvalue weighted by Crippen LogP contribution is -2.49. The van der Waals surface area contributed by atoms with E-state index in [1.807, 2.05) is 25.7 Å². The van der Waals surface area contributed by atoms with Gasteiger partial charge >= 0.3 is 5.56 Å². The van der Waals surface area contributed by atoms with Crippen molar-refractivity contribution in [3.05, 3.63) is 85.8 Å². The van der Waals surface area contributed by atoms with E-state index in [-0.39, 0.29) is 55.4 Å². The Morgan fingerprint density at radius 3 is 2.45 bits per heavy atom. The van der Waals surface area contributed by atoms with Gasteiger partial charge in [-0.2, -0.15) is 14.1 Å². The van der Waals surface area contributed by atoms with Crippen LogP contribution in [0.2, 0.25) is 5.02 Å². The normalized spacial score (nSPS) is 14.6. The van der Waals surface area contributed by atoms with Crippen LogP contribution in [0, 0.1) is 15.5 Å². The molecule has 0 atom stereocenters. The van der Waals surface area contributed by atoms with Gasteiger partial charge in [-0.1, -0.05) is 43.6 Å². The Morgan fingerprint density at radius 1 is 1.07 bits per heavy atom. The number of halogens is 1. The number of benzene rings is 2. The van der Waals surface area contributed by atoms with Crippen molar-refractivity contribution < 1.29 is 22.8 Å². The van der Waals surface area contributed by atoms with Crippen molar-refractivity contribution in [3.63, 3.8) is 0 Å². The number of sulfonamides is 1. The largest absolute Gasteiger partial charge is 0.486 e. The minimum atomic E-state index is -3.74. The molecule has 0 saturated carbocycles. The van der Waals surface area contributed by atoms with Crippen LogP contribution >= 0.6 is 11.6 Å². The summed E-state index contributed by atoms with van der Waals surface area (Å²) in [6.45, 7) is 7.94. The van der Waals surface area contributed by atoms with Crippen molar-refractivity contribution in [3.8, 4) is 11.4 Å². The maximum absolute atomic E-state index is 13.7. The topological polar surface area (TPSA) is 137 Å². The number of nitrogens with zero attached hydrogens (tertiary/aromatic N) is 5. The predicted molar refractivity (Wildman–Crippen MR) is 160 cm³/mol. The summed E-state index contributed by atoms with van der Waals surface area (Å²) in [5.41, 5.74) is 0.261. The van der Waals surface area contributed by atoms with E-state index in [2.05, 4.69) is 5.10 Å². The van der Waals surface area contributed by atoms with Crippen LogP contribution in [0.4, 0.5) is 11.4 Å². The smallest absolute Gasteiger partial charge is 0.316 e. The lowest BCUT2D eigenvalue weighted by atomic mass is 9.96. The SMILES string of the molecule is CCOCC(C)(C)COc1c(N2CCN(S(=O)(=O)Cc3cccc([N+](=O)[O-])c3)CC2)cnn(-c2cccc(Cl)c2)c1=O. The van der Waals surface area contributed by atoms with Gasteiger partial charge in [0.25, 0.3) is 5.69 Å². The van der Waals surface area contributed by atoms with Crippen LogP contribution in [-0.2, 0) is 20.5 Å². The van der Waals surface area contributed by atoms with E-state index < -0.39 is 20.5 Å². The number of hydrogen-bond donors (Lipinski definition) is 0. The number of rotatable bonds is 12. The van der Waals surface area contributed by atoms with Gasteiger partial charge in [-0.15, -0.1) is 0 Å². The Labute approximate surface area is 249 Å². The summed E-state index contributed by atoms with van der Waals surface area (Å²) in [6.07, 6.45) is 1.54. The van der Waals surface area contributed by atoms with Gasteiger partial charge in [0, 0.05) is 55.4 Å². The minimum Gasteiger partial charge on any atom is -0.486 e. The van der Waals surface area contributed by atoms with E-state index in [0.29, 0.717) is 35.2 Å². The molecule has 0 N–H and O–H groups in total. The molecule has 1 aliphatic heterocycles. The van der Waals surface area contributed by atoms with Crippen LogP contribution in [0.15, 0.2) is 59.5 Å². The van der Waals surface area contributed by atoms with E-state index >= 15 is 0 Å². The summed E-state index contributed by atoms with van der Waals surface area (Å²) in [4.78, 5) is 26.1. The average molecular weight is 620 g/mol. The molecule has 0 spiro atoms. The number of ether oxygens (including phenoxy) is 2. The zero-order valence-corrected chi connectivity index (χ0v) is 25.3. The van der Waals surface area contributed by atoms with Gasteiger partial charge in [-0.05, 0) is 30.7 Å². The second-order valence-corrected chi connectivity index (χ2v) is 13.1. The fraction of sp³-hybridized carbons (Fsp3) is 0.429. The number of nitro groups is 1. The lowest BCUT2D eigenvalue weighted by molar-refractivity contribution is -0.384. The molecule has 4 rings (SSSR count). The van der Waals surface area contributed by atoms with Gasteiger partial charge in [0.15, 0.2) is 0 Å². The summed E-state index contributed by atoms with van der Waals surface area (Å²) in [7, 11) is -3.74. The first-order chi connectivity index (χ1) is 19.9. The second-order valence-electron chi connectivity index (χ2n) is 10.7. The molecule has 0 aliphatic carbocycles. The number of aromatic nitrogens is 2. The number of anilines is 1. The zero-order valence-electron chi connectivity index (χ0n) is 23.7. The second kappa shape index (κ2) is 13.2. The molecule has 0 bridgehead atoms. The molecule has 1 aliphatic rings. The third-order valence-corrected chi connectivity index (χ3v) is 8.80. The maximum atomic E-state index is 13.7. The molecule has 14 heteroatoms. The Morgan fingerprint density at radius 2 is 1.79 bits per heavy atom. The summed E-state index contributed by atoms with van der Waals surface area (Å²) in [5.74, 6) is -0.253. The van der Waals surface area contributed by atoms with E-state index in [9.17, 15) is 23.3 Å². The highest BCUT2D eigenvalue weighted by Gasteiger charge is 2.30. The molecule has 0 amide bonds. The summed E-state index contributed by atoms with van der Waals surface area (Å²) in [6, 6.07) is 12.4. The summed E-state index contributed by atoms with van der Waals surface area (Å²) < 4.78 is 40.6. The van der Waals surface area contributed by atoms with Crippen molar-refractivity contribution in [1.82, 2.24) is 14.1 Å². The van der Waals surface area contributed by atoms with E-state index in [0.717, 1.165) is 0 Å². The van der Waals surface area contributed by atoms with Crippen molar-refractivity contribution in [1.29, 1.82) is 0 Å². The Kier molecular flexibility index (Phi) is 9.87. The zero-order chi connectivity index (χ0) is 30.5. The predicted octanol–water partition coefficient (Wildman–Crippen LogP) is 3.89. The highest BCUT2D eigenvalue weighted by Crippen LogP contribution is 2.29. The van der Waals surface area contributed by atoms with Gasteiger partial charge < -0.3 is 14.4 Å². The third-order valence-electron chi connectivity index (χ3n) is 6.71. The van der Waals surface area contributed by atoms with Crippen molar-refractivity contribution in [2.75, 3.05) is 50.9 Å². The molecule has 12 nitrogen and oxygen atoms in total. The van der Waals surface area contributed by atoms with Crippen LogP contribution < -0.4 is 15.2 Å². The lowest BCUT2D eigenvalue weighted by Gasteiger charge is -2.36. The molecule has 0 radical (unpaired) electrons. The molecule has 2 heterocycles. The van der Waals surface area contributed by atoms with Crippen molar-refractivity contribution >= 4 is 33.0 Å². The Balaban J connectivity index is 1.56. The molecule has 3 aromatic rings. The molecular formula is C28H34ClN5O7S. The summed E-state index contributed by atoms with van der Waals surface area (Å²) >= 11 is 6.15. The monoisotopic (exact) mass is 619 g/mol. The Hall–Kier alpha value is -3.52. The average Bonchev–Trinajstić information content (AvgIpc) is 2.95. The van der Waals surface area contributed by atoms with Gasteiger partial charge in [0.1, 0.15) is 5.69 Å². The molecule has 1 aromatic heterocycles. The standard InChI is InChI=1S/C28H34ClN5O7S/c1-4-40-19-28(2,3)20-41-26-25(17-30-33(27(26)35)23-9-6-8-22(29)16-23)31-11-13-32(14-12-31)42(38,39)18-21-7-5-10-24(15-21)34(36)37/h5-10,15-17H,4,11-14,18-20H2,1-3H3. The van der Waals surface area contributed by atoms with Crippen LogP contribution in [0.5, 0.6) is 5.75 Å². The van der Waals surface area contributed by atoms with Crippen molar-refractivity contribution in [2.24, 2.45) is 5.41 Å². The third kappa shape index (κ3) is 7.65. The maximum Gasteiger partial charge on any atom is 0.316 e. The van der Waals surface area contributed by atoms with Gasteiger partial charge in [0.05, 0.1) is 35.8 Å². The van der Waals surface area contributed by atoms with E-state index in [4.69, 9.17) is 21.1 Å². The fourth-order valence-electron chi connectivity index (χ4n) is 4.54. The minimum absolute atomic E-state index is 0.0995. The first kappa shape index (κ1) is 31.4. The van der Waals surface area contributed by atoms with Crippen LogP contribution in [0.3, 0.4) is 0 Å². The number of nitro benzene ring substituents is 1. The molecule has 0 unspecified atom stereocenters. The first-order valence-corrected chi connectivity index (χ1v) is 15.4. The first-order valence-electron chi connectivity index (χ1n) is 13.4. The quantitative estimate of drug-likeness (QED) is 0.218. The van der Waals surface area contributed by atoms with Gasteiger partial charge in [0.2, 0.25) is 15.8 Å². The van der Waals surface area contributed by atoms with Gasteiger partial charge in [-0.25, -0.2) is 8.42 Å². The van der Waals surface area contributed by atoms with Gasteiger partial charge in [-0.3, -0.25) is 14.9 Å². The van der Waals surface area contributed by atoms with Crippen LogP contribution in [-0.4, -0.2) is 73.4 Å². The molecule has 42 heavy (non-hydrogen) atoms. The van der Waals surface area contributed by atoms with Crippen LogP contribution in [0.25, 0.3) is 5.69 Å². The van der Waals surface area contributed by atoms with E-state index in [1.54, 1.807) is 36.5 Å². The molecular weight excluding hydrogens is 586 g/mol. The number of piperazine rings is 1. The van der Waals surface area contributed by atoms with Crippen LogP contribution in [0.1, 0.15) is 26.3 Å². The molecule has 2 aromatic carbocycles. The molecule has 1 saturated heterocycles. The number of non-ortho nitro benzene ring substituents is 1. The fourth-order valence-corrected chi connectivity index (χ4v) is 6.23. The van der Waals surface area contributed by atoms with Crippen molar-refractivity contribution in [2.45, 2.75) is 26.5 Å². The highest BCUT2D eigenvalue weighted by atomic mass is 35.5.